The van der Waals surface area contributed by atoms with E-state index in [4.69, 9.17) is 14.2 Å². The van der Waals surface area contributed by atoms with Crippen molar-refractivity contribution in [1.29, 1.82) is 0 Å². The average molecular weight is 565 g/mol. The minimum Gasteiger partial charge on any atom is -0.490 e. The molecule has 0 bridgehead atoms. The molecule has 8 nitrogen and oxygen atoms in total. The smallest absolute Gasteiger partial charge is 0.335 e. The summed E-state index contributed by atoms with van der Waals surface area (Å²) in [5.74, 6) is 0.152. The van der Waals surface area contributed by atoms with Gasteiger partial charge in [0.05, 0.1) is 16.8 Å². The zero-order valence-corrected chi connectivity index (χ0v) is 21.9. The number of ether oxygens (including phenoxy) is 3. The highest BCUT2D eigenvalue weighted by Crippen LogP contribution is 2.38. The van der Waals surface area contributed by atoms with E-state index in [9.17, 15) is 14.4 Å². The summed E-state index contributed by atoms with van der Waals surface area (Å²) < 4.78 is 17.9. The van der Waals surface area contributed by atoms with E-state index >= 15 is 0 Å². The van der Waals surface area contributed by atoms with Crippen molar-refractivity contribution < 1.29 is 28.6 Å². The fourth-order valence-corrected chi connectivity index (χ4v) is 4.29. The largest absolute Gasteiger partial charge is 0.490 e. The summed E-state index contributed by atoms with van der Waals surface area (Å²) in [7, 11) is 0. The molecule has 1 fully saturated rings. The first-order valence-electron chi connectivity index (χ1n) is 11.6. The summed E-state index contributed by atoms with van der Waals surface area (Å²) >= 11 is 3.50. The third-order valence-corrected chi connectivity index (χ3v) is 5.93. The predicted molar refractivity (Wildman–Crippen MR) is 143 cm³/mol. The van der Waals surface area contributed by atoms with Gasteiger partial charge in [-0.1, -0.05) is 30.3 Å². The summed E-state index contributed by atoms with van der Waals surface area (Å²) in [6.07, 6.45) is 1.42. The van der Waals surface area contributed by atoms with E-state index in [0.717, 1.165) is 16.2 Å². The monoisotopic (exact) mass is 564 g/mol. The van der Waals surface area contributed by atoms with Crippen molar-refractivity contribution in [3.05, 3.63) is 87.9 Å². The molecular weight excluding hydrogens is 540 g/mol. The van der Waals surface area contributed by atoms with Gasteiger partial charge < -0.3 is 14.2 Å². The zero-order chi connectivity index (χ0) is 26.4. The number of hydrogen-bond acceptors (Lipinski definition) is 6. The van der Waals surface area contributed by atoms with Crippen LogP contribution in [0.4, 0.5) is 10.5 Å². The number of barbiturate groups is 1. The molecule has 0 aromatic heterocycles. The Morgan fingerprint density at radius 3 is 2.41 bits per heavy atom. The number of benzene rings is 3. The number of urea groups is 1. The lowest BCUT2D eigenvalue weighted by Crippen LogP contribution is -2.54. The van der Waals surface area contributed by atoms with Crippen LogP contribution >= 0.6 is 15.9 Å². The number of halogens is 1. The highest BCUT2D eigenvalue weighted by molar-refractivity contribution is 9.10. The molecule has 1 aliphatic heterocycles. The number of carbonyl (C=O) groups is 3. The number of imide groups is 2. The van der Waals surface area contributed by atoms with E-state index in [1.54, 1.807) is 30.3 Å². The Morgan fingerprint density at radius 1 is 0.919 bits per heavy atom. The Balaban J connectivity index is 1.57. The molecule has 0 radical (unpaired) electrons. The topological polar surface area (TPSA) is 94.2 Å². The van der Waals surface area contributed by atoms with Gasteiger partial charge in [0.1, 0.15) is 24.5 Å². The van der Waals surface area contributed by atoms with Gasteiger partial charge in [0.15, 0.2) is 11.5 Å². The number of carbonyl (C=O) groups excluding carboxylic acids is 3. The summed E-state index contributed by atoms with van der Waals surface area (Å²) in [5, 5.41) is 2.24. The van der Waals surface area contributed by atoms with Gasteiger partial charge in [-0.2, -0.15) is 0 Å². The molecule has 1 saturated heterocycles. The number of hydrogen-bond donors (Lipinski definition) is 1. The molecule has 0 unspecified atom stereocenters. The van der Waals surface area contributed by atoms with Gasteiger partial charge in [-0.25, -0.2) is 9.69 Å². The summed E-state index contributed by atoms with van der Waals surface area (Å²) in [5.41, 5.74) is 1.58. The molecular formula is C28H25BrN2O6. The Hall–Kier alpha value is -4.11. The van der Waals surface area contributed by atoms with Gasteiger partial charge in [0.25, 0.3) is 11.8 Å². The number of nitrogens with one attached hydrogen (secondary N) is 1. The molecule has 1 aliphatic rings. The number of aryl methyl sites for hydroxylation is 1. The highest BCUT2D eigenvalue weighted by atomic mass is 79.9. The lowest BCUT2D eigenvalue weighted by molar-refractivity contribution is -0.122. The van der Waals surface area contributed by atoms with Crippen LogP contribution in [0.5, 0.6) is 17.2 Å². The van der Waals surface area contributed by atoms with Crippen LogP contribution in [0.2, 0.25) is 0 Å². The predicted octanol–water partition coefficient (Wildman–Crippen LogP) is 5.28. The van der Waals surface area contributed by atoms with E-state index in [0.29, 0.717) is 40.4 Å². The van der Waals surface area contributed by atoms with Crippen LogP contribution in [0.1, 0.15) is 18.1 Å². The molecule has 37 heavy (non-hydrogen) atoms. The van der Waals surface area contributed by atoms with Crippen LogP contribution in [0.15, 0.2) is 76.8 Å². The zero-order valence-electron chi connectivity index (χ0n) is 20.3. The number of rotatable bonds is 9. The molecule has 0 aliphatic carbocycles. The Kier molecular flexibility index (Phi) is 8.25. The summed E-state index contributed by atoms with van der Waals surface area (Å²) in [6.45, 7) is 4.65. The second-order valence-electron chi connectivity index (χ2n) is 8.07. The molecule has 3 aromatic carbocycles. The van der Waals surface area contributed by atoms with Gasteiger partial charge in [-0.3, -0.25) is 14.9 Å². The van der Waals surface area contributed by atoms with Crippen molar-refractivity contribution in [3.63, 3.8) is 0 Å². The van der Waals surface area contributed by atoms with Crippen molar-refractivity contribution in [1.82, 2.24) is 5.32 Å². The molecule has 4 rings (SSSR count). The van der Waals surface area contributed by atoms with Crippen LogP contribution in [-0.4, -0.2) is 37.7 Å². The maximum absolute atomic E-state index is 13.2. The van der Waals surface area contributed by atoms with Crippen molar-refractivity contribution in [2.45, 2.75) is 13.8 Å². The fourth-order valence-electron chi connectivity index (χ4n) is 3.72. The minimum atomic E-state index is -0.796. The summed E-state index contributed by atoms with van der Waals surface area (Å²) in [4.78, 5) is 39.2. The standard InChI is InChI=1S/C28H25BrN2O6/c1-3-35-24-17-19(16-23(29)25(24)37-13-12-36-21-10-5-4-6-11-21)15-22-26(32)30-28(34)31(27(22)33)20-9-7-8-18(2)14-20/h4-11,14-17H,3,12-13H2,1-2H3,(H,30,32,34)/b22-15-. The van der Waals surface area contributed by atoms with Crippen molar-refractivity contribution >= 4 is 45.5 Å². The first-order chi connectivity index (χ1) is 17.9. The third kappa shape index (κ3) is 6.18. The van der Waals surface area contributed by atoms with E-state index in [1.807, 2.05) is 50.2 Å². The SMILES string of the molecule is CCOc1cc(/C=C2/C(=O)NC(=O)N(c3cccc(C)c3)C2=O)cc(Br)c1OCCOc1ccccc1. The van der Waals surface area contributed by atoms with Crippen LogP contribution in [0, 0.1) is 6.92 Å². The first-order valence-corrected chi connectivity index (χ1v) is 12.4. The Bertz CT molecular complexity index is 1360. The second kappa shape index (κ2) is 11.7. The van der Waals surface area contributed by atoms with Crippen LogP contribution in [0.3, 0.4) is 0 Å². The highest BCUT2D eigenvalue weighted by Gasteiger charge is 2.36. The fraction of sp³-hybridized carbons (Fsp3) is 0.179. The van der Waals surface area contributed by atoms with Gasteiger partial charge in [-0.15, -0.1) is 0 Å². The van der Waals surface area contributed by atoms with E-state index < -0.39 is 17.8 Å². The third-order valence-electron chi connectivity index (χ3n) is 5.35. The molecule has 1 heterocycles. The average Bonchev–Trinajstić information content (AvgIpc) is 2.86. The molecule has 9 heteroatoms. The van der Waals surface area contributed by atoms with E-state index in [1.165, 1.54) is 6.08 Å². The molecule has 0 atom stereocenters. The van der Waals surface area contributed by atoms with Crippen molar-refractivity contribution in [2.24, 2.45) is 0 Å². The molecule has 0 spiro atoms. The Morgan fingerprint density at radius 2 is 1.68 bits per heavy atom. The van der Waals surface area contributed by atoms with E-state index in [-0.39, 0.29) is 12.2 Å². The van der Waals surface area contributed by atoms with Crippen LogP contribution < -0.4 is 24.4 Å². The van der Waals surface area contributed by atoms with Gasteiger partial charge in [0, 0.05) is 0 Å². The van der Waals surface area contributed by atoms with Gasteiger partial charge in [0.2, 0.25) is 0 Å². The van der Waals surface area contributed by atoms with Crippen LogP contribution in [-0.2, 0) is 9.59 Å². The van der Waals surface area contributed by atoms with Crippen LogP contribution in [0.25, 0.3) is 6.08 Å². The number of para-hydroxylation sites is 1. The van der Waals surface area contributed by atoms with Gasteiger partial charge in [-0.05, 0) is 83.4 Å². The molecule has 4 amide bonds. The first kappa shape index (κ1) is 26.0. The second-order valence-corrected chi connectivity index (χ2v) is 8.92. The maximum Gasteiger partial charge on any atom is 0.335 e. The summed E-state index contributed by atoms with van der Waals surface area (Å²) in [6, 6.07) is 18.9. The quantitative estimate of drug-likeness (QED) is 0.216. The lowest BCUT2D eigenvalue weighted by Gasteiger charge is -2.26. The number of amides is 4. The lowest BCUT2D eigenvalue weighted by atomic mass is 10.1. The molecule has 0 saturated carbocycles. The number of anilines is 1. The normalized spacial score (nSPS) is 14.5. The molecule has 1 N–H and O–H groups in total. The molecule has 3 aromatic rings. The van der Waals surface area contributed by atoms with Crippen molar-refractivity contribution in [3.8, 4) is 17.2 Å². The van der Waals surface area contributed by atoms with E-state index in [2.05, 4.69) is 21.2 Å². The minimum absolute atomic E-state index is 0.180. The van der Waals surface area contributed by atoms with Crippen molar-refractivity contribution in [2.75, 3.05) is 24.7 Å². The maximum atomic E-state index is 13.2. The molecule has 190 valence electrons. The number of nitrogens with zero attached hydrogens (tertiary/aromatic N) is 1. The Labute approximate surface area is 223 Å². The van der Waals surface area contributed by atoms with Gasteiger partial charge >= 0.3 is 6.03 Å².